The molecule has 1 N–H and O–H groups in total. The summed E-state index contributed by atoms with van der Waals surface area (Å²) in [6, 6.07) is 3.99. The summed E-state index contributed by atoms with van der Waals surface area (Å²) >= 11 is 0. The number of fused-ring (bicyclic) bond motifs is 1. The number of anilines is 2. The van der Waals surface area contributed by atoms with E-state index in [-0.39, 0.29) is 5.69 Å². The van der Waals surface area contributed by atoms with Gasteiger partial charge in [-0.05, 0) is 37.4 Å². The number of halogens is 1. The minimum Gasteiger partial charge on any atom is -0.309 e. The summed E-state index contributed by atoms with van der Waals surface area (Å²) in [6.07, 6.45) is 7.88. The van der Waals surface area contributed by atoms with Crippen LogP contribution < -0.4 is 5.32 Å². The highest BCUT2D eigenvalue weighted by atomic mass is 19.1. The third kappa shape index (κ3) is 4.49. The Morgan fingerprint density at radius 1 is 0.969 bits per heavy atom. The molecular formula is C23H29FN8. The maximum Gasteiger partial charge on any atom is 0.229 e. The number of hydrogen-bond acceptors (Lipinski definition) is 7. The van der Waals surface area contributed by atoms with E-state index in [2.05, 4.69) is 48.2 Å². The normalized spacial score (nSPS) is 17.3. The van der Waals surface area contributed by atoms with E-state index in [1.54, 1.807) is 6.20 Å². The van der Waals surface area contributed by atoms with Gasteiger partial charge in [0, 0.05) is 56.7 Å². The molecule has 0 amide bonds. The number of nitrogens with zero attached hydrogens (tertiary/aromatic N) is 7. The van der Waals surface area contributed by atoms with Crippen LogP contribution in [-0.4, -0.2) is 67.3 Å². The highest BCUT2D eigenvalue weighted by Gasteiger charge is 2.20. The smallest absolute Gasteiger partial charge is 0.229 e. The summed E-state index contributed by atoms with van der Waals surface area (Å²) in [6.45, 7) is 9.50. The van der Waals surface area contributed by atoms with Gasteiger partial charge in [-0.15, -0.1) is 0 Å². The van der Waals surface area contributed by atoms with Crippen LogP contribution in [-0.2, 0) is 19.5 Å². The second kappa shape index (κ2) is 9.30. The monoisotopic (exact) mass is 436 g/mol. The minimum atomic E-state index is -0.441. The van der Waals surface area contributed by atoms with Gasteiger partial charge in [0.05, 0.1) is 12.4 Å². The number of rotatable bonds is 6. The fourth-order valence-corrected chi connectivity index (χ4v) is 4.46. The van der Waals surface area contributed by atoms with Crippen LogP contribution in [0.15, 0.2) is 30.7 Å². The molecule has 0 aliphatic carbocycles. The third-order valence-corrected chi connectivity index (χ3v) is 6.36. The summed E-state index contributed by atoms with van der Waals surface area (Å²) in [5, 5.41) is 7.51. The Kier molecular flexibility index (Phi) is 6.09. The standard InChI is InChI=1S/C23H29FN8/c1-2-30-9-11-31(12-10-30)16-17-6-7-21(25-13-17)28-23-26-15-19(24)22(29-23)18-14-27-32-8-4-3-5-20(18)32/h6-7,13-15H,2-5,8-12,16H2,1H3,(H,25,26,28,29). The molecule has 3 aromatic heterocycles. The molecule has 0 bridgehead atoms. The molecule has 1 saturated heterocycles. The van der Waals surface area contributed by atoms with Gasteiger partial charge < -0.3 is 10.2 Å². The van der Waals surface area contributed by atoms with Crippen molar-refractivity contribution in [3.05, 3.63) is 47.8 Å². The lowest BCUT2D eigenvalue weighted by atomic mass is 10.0. The molecule has 8 nitrogen and oxygen atoms in total. The van der Waals surface area contributed by atoms with Crippen LogP contribution in [0.2, 0.25) is 0 Å². The summed E-state index contributed by atoms with van der Waals surface area (Å²) < 4.78 is 16.5. The SMILES string of the molecule is CCN1CCN(Cc2ccc(Nc3ncc(F)c(-c4cnn5c4CCCC5)n3)nc2)CC1. The molecule has 0 radical (unpaired) electrons. The Morgan fingerprint density at radius 3 is 2.59 bits per heavy atom. The van der Waals surface area contributed by atoms with Crippen molar-refractivity contribution in [2.45, 2.75) is 39.3 Å². The van der Waals surface area contributed by atoms with Gasteiger partial charge in [0.25, 0.3) is 0 Å². The molecule has 5 rings (SSSR count). The van der Waals surface area contributed by atoms with Crippen LogP contribution in [0.3, 0.4) is 0 Å². The molecular weight excluding hydrogens is 407 g/mol. The van der Waals surface area contributed by atoms with Gasteiger partial charge in [-0.1, -0.05) is 13.0 Å². The summed E-state index contributed by atoms with van der Waals surface area (Å²) in [5.74, 6) is 0.524. The molecule has 0 atom stereocenters. The van der Waals surface area contributed by atoms with Crippen LogP contribution in [0.25, 0.3) is 11.3 Å². The molecule has 9 heteroatoms. The van der Waals surface area contributed by atoms with Crippen LogP contribution >= 0.6 is 0 Å². The van der Waals surface area contributed by atoms with Crippen molar-refractivity contribution in [2.24, 2.45) is 0 Å². The Hall–Kier alpha value is -2.91. The molecule has 32 heavy (non-hydrogen) atoms. The van der Waals surface area contributed by atoms with Gasteiger partial charge >= 0.3 is 0 Å². The molecule has 0 aromatic carbocycles. The molecule has 1 fully saturated rings. The van der Waals surface area contributed by atoms with Crippen molar-refractivity contribution >= 4 is 11.8 Å². The van der Waals surface area contributed by atoms with Gasteiger partial charge in [-0.25, -0.2) is 19.3 Å². The van der Waals surface area contributed by atoms with E-state index >= 15 is 0 Å². The zero-order valence-corrected chi connectivity index (χ0v) is 18.5. The highest BCUT2D eigenvalue weighted by Crippen LogP contribution is 2.29. The predicted octanol–water partition coefficient (Wildman–Crippen LogP) is 3.09. The lowest BCUT2D eigenvalue weighted by Gasteiger charge is -2.33. The van der Waals surface area contributed by atoms with Crippen LogP contribution in [0.4, 0.5) is 16.2 Å². The number of pyridine rings is 1. The maximum atomic E-state index is 14.6. The van der Waals surface area contributed by atoms with Crippen molar-refractivity contribution < 1.29 is 4.39 Å². The number of likely N-dealkylation sites (N-methyl/N-ethyl adjacent to an activating group) is 1. The van der Waals surface area contributed by atoms with E-state index < -0.39 is 5.82 Å². The third-order valence-electron chi connectivity index (χ3n) is 6.36. The Labute approximate surface area is 187 Å². The topological polar surface area (TPSA) is 75.0 Å². The van der Waals surface area contributed by atoms with Crippen LogP contribution in [0.5, 0.6) is 0 Å². The maximum absolute atomic E-state index is 14.6. The fourth-order valence-electron chi connectivity index (χ4n) is 4.46. The van der Waals surface area contributed by atoms with Crippen molar-refractivity contribution in [1.29, 1.82) is 0 Å². The predicted molar refractivity (Wildman–Crippen MR) is 121 cm³/mol. The van der Waals surface area contributed by atoms with Crippen molar-refractivity contribution in [2.75, 3.05) is 38.0 Å². The second-order valence-corrected chi connectivity index (χ2v) is 8.46. The molecule has 5 heterocycles. The lowest BCUT2D eigenvalue weighted by molar-refractivity contribution is 0.132. The largest absolute Gasteiger partial charge is 0.309 e. The molecule has 2 aliphatic rings. The number of nitrogens with one attached hydrogen (secondary N) is 1. The Morgan fingerprint density at radius 2 is 1.81 bits per heavy atom. The first-order chi connectivity index (χ1) is 15.7. The van der Waals surface area contributed by atoms with Gasteiger partial charge in [0.1, 0.15) is 11.5 Å². The number of aryl methyl sites for hydroxylation is 1. The van der Waals surface area contributed by atoms with Crippen molar-refractivity contribution in [3.63, 3.8) is 0 Å². The molecule has 168 valence electrons. The van der Waals surface area contributed by atoms with Crippen LogP contribution in [0, 0.1) is 5.82 Å². The van der Waals surface area contributed by atoms with E-state index in [1.807, 2.05) is 16.9 Å². The number of aromatic nitrogens is 5. The first-order valence-corrected chi connectivity index (χ1v) is 11.4. The summed E-state index contributed by atoms with van der Waals surface area (Å²) in [7, 11) is 0. The second-order valence-electron chi connectivity index (χ2n) is 8.46. The molecule has 2 aliphatic heterocycles. The first-order valence-electron chi connectivity index (χ1n) is 11.4. The Bertz CT molecular complexity index is 1060. The van der Waals surface area contributed by atoms with Crippen molar-refractivity contribution in [3.8, 4) is 11.3 Å². The average molecular weight is 437 g/mol. The zero-order valence-electron chi connectivity index (χ0n) is 18.5. The van der Waals surface area contributed by atoms with Gasteiger partial charge in [-0.3, -0.25) is 9.58 Å². The van der Waals surface area contributed by atoms with Gasteiger partial charge in [-0.2, -0.15) is 5.10 Å². The zero-order chi connectivity index (χ0) is 21.9. The minimum absolute atomic E-state index is 0.286. The fraction of sp³-hybridized carbons (Fsp3) is 0.478. The molecule has 0 unspecified atom stereocenters. The first kappa shape index (κ1) is 21.0. The van der Waals surface area contributed by atoms with Gasteiger partial charge in [0.15, 0.2) is 5.82 Å². The summed E-state index contributed by atoms with van der Waals surface area (Å²) in [5.41, 5.74) is 3.25. The Balaban J connectivity index is 1.27. The van der Waals surface area contributed by atoms with Crippen molar-refractivity contribution in [1.82, 2.24) is 34.5 Å². The highest BCUT2D eigenvalue weighted by molar-refractivity contribution is 5.64. The summed E-state index contributed by atoms with van der Waals surface area (Å²) in [4.78, 5) is 18.0. The average Bonchev–Trinajstić information content (AvgIpc) is 3.26. The molecule has 3 aromatic rings. The number of hydrogen-bond donors (Lipinski definition) is 1. The molecule has 0 saturated carbocycles. The quantitative estimate of drug-likeness (QED) is 0.636. The van der Waals surface area contributed by atoms with E-state index in [0.29, 0.717) is 11.8 Å². The van der Waals surface area contributed by atoms with E-state index in [4.69, 9.17) is 0 Å². The molecule has 0 spiro atoms. The van der Waals surface area contributed by atoms with Gasteiger partial charge in [0.2, 0.25) is 5.95 Å². The van der Waals surface area contributed by atoms with E-state index in [1.165, 1.54) is 11.8 Å². The van der Waals surface area contributed by atoms with E-state index in [0.717, 1.165) is 76.3 Å². The van der Waals surface area contributed by atoms with E-state index in [9.17, 15) is 4.39 Å². The van der Waals surface area contributed by atoms with Crippen LogP contribution in [0.1, 0.15) is 31.0 Å². The lowest BCUT2D eigenvalue weighted by Crippen LogP contribution is -2.45. The number of piperazine rings is 1.